The highest BCUT2D eigenvalue weighted by Gasteiger charge is 2.15. The Morgan fingerprint density at radius 3 is 2.21 bits per heavy atom. The van der Waals surface area contributed by atoms with Gasteiger partial charge < -0.3 is 15.4 Å². The van der Waals surface area contributed by atoms with E-state index in [4.69, 9.17) is 16.3 Å². The van der Waals surface area contributed by atoms with Gasteiger partial charge in [0.1, 0.15) is 5.75 Å². The van der Waals surface area contributed by atoms with Crippen molar-refractivity contribution in [2.24, 2.45) is 0 Å². The van der Waals surface area contributed by atoms with E-state index < -0.39 is 0 Å². The monoisotopic (exact) mass is 408 g/mol. The number of rotatable bonds is 7. The van der Waals surface area contributed by atoms with Gasteiger partial charge in [-0.05, 0) is 48.9 Å². The van der Waals surface area contributed by atoms with Crippen LogP contribution in [-0.4, -0.2) is 18.4 Å². The summed E-state index contributed by atoms with van der Waals surface area (Å²) in [6.07, 6.45) is 0. The molecule has 0 aliphatic carbocycles. The molecule has 0 radical (unpaired) electrons. The summed E-state index contributed by atoms with van der Waals surface area (Å²) in [5.74, 6) is 0.131. The number of para-hydroxylation sites is 1. The highest BCUT2D eigenvalue weighted by molar-refractivity contribution is 6.34. The zero-order valence-corrected chi connectivity index (χ0v) is 16.7. The predicted molar refractivity (Wildman–Crippen MR) is 115 cm³/mol. The lowest BCUT2D eigenvalue weighted by Crippen LogP contribution is -2.25. The molecule has 2 N–H and O–H groups in total. The molecular weight excluding hydrogens is 388 g/mol. The van der Waals surface area contributed by atoms with Crippen LogP contribution in [-0.2, 0) is 6.54 Å². The number of benzene rings is 3. The first kappa shape index (κ1) is 20.4. The molecule has 148 valence electrons. The van der Waals surface area contributed by atoms with Crippen LogP contribution < -0.4 is 15.4 Å². The minimum Gasteiger partial charge on any atom is -0.494 e. The van der Waals surface area contributed by atoms with Crippen LogP contribution in [0.25, 0.3) is 0 Å². The Morgan fingerprint density at radius 1 is 0.862 bits per heavy atom. The fourth-order valence-electron chi connectivity index (χ4n) is 2.77. The van der Waals surface area contributed by atoms with Crippen LogP contribution in [0.4, 0.5) is 5.69 Å². The van der Waals surface area contributed by atoms with Crippen molar-refractivity contribution in [1.82, 2.24) is 5.32 Å². The minimum absolute atomic E-state index is 0.283. The second-order valence-electron chi connectivity index (χ2n) is 6.24. The number of nitrogens with one attached hydrogen (secondary N) is 2. The summed E-state index contributed by atoms with van der Waals surface area (Å²) in [4.78, 5) is 25.2. The van der Waals surface area contributed by atoms with Crippen molar-refractivity contribution in [3.05, 3.63) is 94.5 Å². The van der Waals surface area contributed by atoms with Crippen molar-refractivity contribution in [3.63, 3.8) is 0 Å². The second-order valence-corrected chi connectivity index (χ2v) is 6.65. The van der Waals surface area contributed by atoms with Gasteiger partial charge in [0, 0.05) is 6.54 Å². The van der Waals surface area contributed by atoms with Crippen molar-refractivity contribution in [3.8, 4) is 5.75 Å². The number of amides is 2. The van der Waals surface area contributed by atoms with Gasteiger partial charge in [0.25, 0.3) is 11.8 Å². The lowest BCUT2D eigenvalue weighted by molar-refractivity contribution is 0.0952. The number of ether oxygens (including phenoxy) is 1. The summed E-state index contributed by atoms with van der Waals surface area (Å²) in [7, 11) is 0. The summed E-state index contributed by atoms with van der Waals surface area (Å²) in [5, 5.41) is 5.99. The maximum absolute atomic E-state index is 12.7. The van der Waals surface area contributed by atoms with Crippen LogP contribution in [0.1, 0.15) is 33.2 Å². The molecule has 5 nitrogen and oxygen atoms in total. The van der Waals surface area contributed by atoms with Gasteiger partial charge in [-0.2, -0.15) is 0 Å². The van der Waals surface area contributed by atoms with Gasteiger partial charge in [0.2, 0.25) is 0 Å². The van der Waals surface area contributed by atoms with Crippen LogP contribution in [0, 0.1) is 0 Å². The van der Waals surface area contributed by atoms with Crippen molar-refractivity contribution in [2.45, 2.75) is 13.5 Å². The summed E-state index contributed by atoms with van der Waals surface area (Å²) >= 11 is 6.09. The Kier molecular flexibility index (Phi) is 6.87. The van der Waals surface area contributed by atoms with Crippen LogP contribution in [0.3, 0.4) is 0 Å². The number of halogens is 1. The Morgan fingerprint density at radius 2 is 1.52 bits per heavy atom. The SMILES string of the molecule is CCOc1ccc(CNC(=O)c2ccccc2NC(=O)c2ccccc2Cl)cc1. The van der Waals surface area contributed by atoms with E-state index >= 15 is 0 Å². The zero-order chi connectivity index (χ0) is 20.6. The third kappa shape index (κ3) is 5.36. The Hall–Kier alpha value is -3.31. The molecule has 0 fully saturated rings. The normalized spacial score (nSPS) is 10.3. The lowest BCUT2D eigenvalue weighted by atomic mass is 10.1. The van der Waals surface area contributed by atoms with Gasteiger partial charge in [0.05, 0.1) is 28.4 Å². The van der Waals surface area contributed by atoms with Crippen LogP contribution >= 0.6 is 11.6 Å². The van der Waals surface area contributed by atoms with Gasteiger partial charge in [-0.1, -0.05) is 48.0 Å². The highest BCUT2D eigenvalue weighted by Crippen LogP contribution is 2.20. The van der Waals surface area contributed by atoms with Crippen molar-refractivity contribution in [2.75, 3.05) is 11.9 Å². The third-order valence-electron chi connectivity index (χ3n) is 4.23. The van der Waals surface area contributed by atoms with Gasteiger partial charge in [-0.25, -0.2) is 0 Å². The molecule has 3 aromatic rings. The molecule has 0 aromatic heterocycles. The van der Waals surface area contributed by atoms with Crippen LogP contribution in [0.5, 0.6) is 5.75 Å². The lowest BCUT2D eigenvalue weighted by Gasteiger charge is -2.12. The summed E-state index contributed by atoms with van der Waals surface area (Å²) in [6, 6.07) is 21.1. The molecule has 0 atom stereocenters. The average Bonchev–Trinajstić information content (AvgIpc) is 2.74. The first-order valence-corrected chi connectivity index (χ1v) is 9.61. The molecule has 29 heavy (non-hydrogen) atoms. The van der Waals surface area contributed by atoms with E-state index in [1.54, 1.807) is 48.5 Å². The first-order valence-electron chi connectivity index (χ1n) is 9.23. The fourth-order valence-corrected chi connectivity index (χ4v) is 2.99. The molecule has 0 spiro atoms. The summed E-state index contributed by atoms with van der Waals surface area (Å²) < 4.78 is 5.42. The summed E-state index contributed by atoms with van der Waals surface area (Å²) in [5.41, 5.74) is 2.08. The maximum Gasteiger partial charge on any atom is 0.257 e. The quantitative estimate of drug-likeness (QED) is 0.583. The first-order chi connectivity index (χ1) is 14.1. The molecule has 0 heterocycles. The molecule has 3 aromatic carbocycles. The standard InChI is InChI=1S/C23H21ClN2O3/c1-2-29-17-13-11-16(12-14-17)15-25-22(27)19-8-4-6-10-21(19)26-23(28)18-7-3-5-9-20(18)24/h3-14H,2,15H2,1H3,(H,25,27)(H,26,28). The Labute approximate surface area is 174 Å². The van der Waals surface area contributed by atoms with E-state index in [1.807, 2.05) is 31.2 Å². The van der Waals surface area contributed by atoms with Crippen molar-refractivity contribution < 1.29 is 14.3 Å². The van der Waals surface area contributed by atoms with Crippen LogP contribution in [0.15, 0.2) is 72.8 Å². The molecule has 3 rings (SSSR count). The predicted octanol–water partition coefficient (Wildman–Crippen LogP) is 4.92. The molecule has 0 unspecified atom stereocenters. The number of hydrogen-bond acceptors (Lipinski definition) is 3. The molecule has 0 aliphatic heterocycles. The van der Waals surface area contributed by atoms with Gasteiger partial charge in [0.15, 0.2) is 0 Å². The molecular formula is C23H21ClN2O3. The van der Waals surface area contributed by atoms with Gasteiger partial charge in [-0.3, -0.25) is 9.59 Å². The number of carbonyl (C=O) groups is 2. The highest BCUT2D eigenvalue weighted by atomic mass is 35.5. The average molecular weight is 409 g/mol. The number of carbonyl (C=O) groups excluding carboxylic acids is 2. The fraction of sp³-hybridized carbons (Fsp3) is 0.130. The summed E-state index contributed by atoms with van der Waals surface area (Å²) in [6.45, 7) is 2.89. The van der Waals surface area contributed by atoms with E-state index in [-0.39, 0.29) is 11.8 Å². The number of anilines is 1. The van der Waals surface area contributed by atoms with E-state index in [2.05, 4.69) is 10.6 Å². The van der Waals surface area contributed by atoms with E-state index in [0.29, 0.717) is 35.0 Å². The molecule has 0 saturated carbocycles. The maximum atomic E-state index is 12.7. The third-order valence-corrected chi connectivity index (χ3v) is 4.56. The second kappa shape index (κ2) is 9.75. The largest absolute Gasteiger partial charge is 0.494 e. The molecule has 0 bridgehead atoms. The van der Waals surface area contributed by atoms with Crippen LogP contribution in [0.2, 0.25) is 5.02 Å². The van der Waals surface area contributed by atoms with Crippen molar-refractivity contribution >= 4 is 29.1 Å². The van der Waals surface area contributed by atoms with Gasteiger partial charge in [-0.15, -0.1) is 0 Å². The molecule has 0 saturated heterocycles. The Bertz CT molecular complexity index is 1000. The van der Waals surface area contributed by atoms with Gasteiger partial charge >= 0.3 is 0 Å². The van der Waals surface area contributed by atoms with E-state index in [1.165, 1.54) is 0 Å². The Balaban J connectivity index is 1.68. The topological polar surface area (TPSA) is 67.4 Å². The van der Waals surface area contributed by atoms with E-state index in [0.717, 1.165) is 11.3 Å². The smallest absolute Gasteiger partial charge is 0.257 e. The minimum atomic E-state index is -0.373. The zero-order valence-electron chi connectivity index (χ0n) is 15.9. The van der Waals surface area contributed by atoms with E-state index in [9.17, 15) is 9.59 Å². The number of hydrogen-bond donors (Lipinski definition) is 2. The molecule has 2 amide bonds. The van der Waals surface area contributed by atoms with Crippen molar-refractivity contribution in [1.29, 1.82) is 0 Å². The molecule has 0 aliphatic rings. The molecule has 6 heteroatoms.